The summed E-state index contributed by atoms with van der Waals surface area (Å²) in [6, 6.07) is 43.8. The van der Waals surface area contributed by atoms with E-state index < -0.39 is 0 Å². The minimum Gasteiger partial charge on any atom is -0.656 e. The minimum absolute atomic E-state index is 0. The van der Waals surface area contributed by atoms with Crippen molar-refractivity contribution in [3.05, 3.63) is 223 Å². The van der Waals surface area contributed by atoms with Crippen molar-refractivity contribution in [1.29, 1.82) is 0 Å². The van der Waals surface area contributed by atoms with Crippen molar-refractivity contribution in [2.75, 3.05) is 0 Å². The molecule has 1 radical (unpaired) electrons. The molecule has 0 bridgehead atoms. The van der Waals surface area contributed by atoms with Gasteiger partial charge in [-0.25, -0.2) is 9.98 Å². The number of hydrogen-bond donors (Lipinski definition) is 0. The van der Waals surface area contributed by atoms with E-state index in [1.54, 1.807) is 0 Å². The van der Waals surface area contributed by atoms with Crippen LogP contribution in [-0.4, -0.2) is 11.4 Å². The number of fused-ring (bicyclic) bond motifs is 8. The summed E-state index contributed by atoms with van der Waals surface area (Å²) in [4.78, 5) is 20.3. The van der Waals surface area contributed by atoms with Gasteiger partial charge in [-0.15, -0.1) is 22.8 Å². The zero-order valence-electron chi connectivity index (χ0n) is 37.8. The van der Waals surface area contributed by atoms with E-state index in [-0.39, 0.29) is 17.1 Å². The molecule has 0 spiro atoms. The van der Waals surface area contributed by atoms with Crippen LogP contribution >= 0.6 is 0 Å². The molecule has 4 aliphatic rings. The van der Waals surface area contributed by atoms with Crippen LogP contribution in [0.25, 0.3) is 56.2 Å². The molecule has 0 saturated heterocycles. The predicted octanol–water partition coefficient (Wildman–Crippen LogP) is 14.2. The van der Waals surface area contributed by atoms with Crippen LogP contribution in [0.5, 0.6) is 0 Å². The Bertz CT molecular complexity index is 3220. The fraction of sp³-hybridized carbons (Fsp3) is 0.167. The summed E-state index contributed by atoms with van der Waals surface area (Å²) in [6.45, 7) is 12.9. The fourth-order valence-electron chi connectivity index (χ4n) is 10.1. The van der Waals surface area contributed by atoms with Crippen molar-refractivity contribution in [2.45, 2.75) is 67.2 Å². The maximum Gasteiger partial charge on any atom is 2.00 e. The van der Waals surface area contributed by atoms with Gasteiger partial charge >= 0.3 is 17.1 Å². The van der Waals surface area contributed by atoms with Gasteiger partial charge in [-0.05, 0) is 145 Å². The van der Waals surface area contributed by atoms with Crippen LogP contribution in [0.4, 0.5) is 0 Å². The van der Waals surface area contributed by atoms with Gasteiger partial charge in [0.05, 0.1) is 22.8 Å². The Morgan fingerprint density at radius 3 is 1.25 bits per heavy atom. The number of aromatic nitrogens is 2. The van der Waals surface area contributed by atoms with E-state index in [1.165, 1.54) is 99.5 Å². The summed E-state index contributed by atoms with van der Waals surface area (Å²) in [5.41, 5.74) is 26.4. The SMILES string of the molecule is Cc1ccc(-c2[n-]c(C=C3C=C4CCc5ccccc5C4=N3)c3ccc(C)cc23)c(C)c1.Cc1ccc(-c2[n-]c(C=C3C=C4CCc5ccccc5C4=N3)c3ccc(C)cc23)c(C)c1.[Cu+2]. The van der Waals surface area contributed by atoms with Crippen molar-refractivity contribution >= 4 is 45.1 Å². The molecule has 4 heterocycles. The van der Waals surface area contributed by atoms with Gasteiger partial charge in [-0.1, -0.05) is 156 Å². The number of hydrogen-bond acceptors (Lipinski definition) is 2. The second-order valence-electron chi connectivity index (χ2n) is 18.1. The van der Waals surface area contributed by atoms with Crippen molar-refractivity contribution in [2.24, 2.45) is 9.98 Å². The Hall–Kier alpha value is -6.78. The zero-order valence-corrected chi connectivity index (χ0v) is 38.7. The third kappa shape index (κ3) is 7.84. The first-order chi connectivity index (χ1) is 31.1. The first-order valence-electron chi connectivity index (χ1n) is 22.6. The van der Waals surface area contributed by atoms with Gasteiger partial charge in [0, 0.05) is 11.1 Å². The molecule has 5 heteroatoms. The Balaban J connectivity index is 0.000000151. The van der Waals surface area contributed by atoms with Crippen molar-refractivity contribution < 1.29 is 17.1 Å². The third-order valence-electron chi connectivity index (χ3n) is 13.3. The van der Waals surface area contributed by atoms with Crippen LogP contribution in [0.15, 0.2) is 166 Å². The molecular weight excluding hydrogens is 840 g/mol. The average Bonchev–Trinajstić information content (AvgIpc) is 4.07. The molecule has 2 aliphatic carbocycles. The molecule has 0 atom stereocenters. The first-order valence-corrected chi connectivity index (χ1v) is 22.6. The molecule has 8 aromatic rings. The number of benzene rings is 6. The van der Waals surface area contributed by atoms with Crippen molar-refractivity contribution in [1.82, 2.24) is 9.97 Å². The molecule has 6 aromatic carbocycles. The van der Waals surface area contributed by atoms with Crippen LogP contribution < -0.4 is 9.97 Å². The normalized spacial score (nSPS) is 15.9. The minimum atomic E-state index is 0. The molecule has 4 nitrogen and oxygen atoms in total. The molecule has 2 aromatic heterocycles. The maximum atomic E-state index is 5.14. The predicted molar refractivity (Wildman–Crippen MR) is 269 cm³/mol. The summed E-state index contributed by atoms with van der Waals surface area (Å²) in [7, 11) is 0. The quantitative estimate of drug-likeness (QED) is 0.165. The van der Waals surface area contributed by atoms with Gasteiger partial charge in [0.25, 0.3) is 0 Å². The van der Waals surface area contributed by atoms with Crippen LogP contribution in [0.1, 0.15) is 79.9 Å². The molecule has 0 unspecified atom stereocenters. The second-order valence-corrected chi connectivity index (χ2v) is 18.1. The van der Waals surface area contributed by atoms with E-state index in [4.69, 9.17) is 20.0 Å². The van der Waals surface area contributed by atoms with Gasteiger partial charge < -0.3 is 9.97 Å². The van der Waals surface area contributed by atoms with E-state index >= 15 is 0 Å². The zero-order chi connectivity index (χ0) is 43.6. The molecule has 0 amide bonds. The Morgan fingerprint density at radius 2 is 0.815 bits per heavy atom. The van der Waals surface area contributed by atoms with E-state index in [1.807, 2.05) is 0 Å². The Kier molecular flexibility index (Phi) is 11.0. The van der Waals surface area contributed by atoms with E-state index in [0.29, 0.717) is 0 Å². The fourth-order valence-corrected chi connectivity index (χ4v) is 10.1. The standard InChI is InChI=1S/2C30H25N2.Cu/c2*1-18-8-12-24(20(3)14-18)30-27-15-19(2)9-13-26(27)28(32-30)17-23-16-22-11-10-21-6-4-5-7-25(21)29(22)31-23;/h2*4-9,12-17H,10-11H2,1-3H3;/q2*-1;+2. The summed E-state index contributed by atoms with van der Waals surface area (Å²) >= 11 is 0. The van der Waals surface area contributed by atoms with Gasteiger partial charge in [-0.2, -0.15) is 0 Å². The summed E-state index contributed by atoms with van der Waals surface area (Å²) in [5.74, 6) is 0. The average molecular weight is 891 g/mol. The monoisotopic (exact) mass is 889 g/mol. The first kappa shape index (κ1) is 42.2. The smallest absolute Gasteiger partial charge is 0.656 e. The van der Waals surface area contributed by atoms with E-state index in [0.717, 1.165) is 71.3 Å². The number of rotatable bonds is 4. The number of aryl methyl sites for hydroxylation is 8. The van der Waals surface area contributed by atoms with Crippen LogP contribution in [-0.2, 0) is 29.9 Å². The second kappa shape index (κ2) is 17.0. The molecule has 0 saturated carbocycles. The van der Waals surface area contributed by atoms with E-state index in [2.05, 4.69) is 187 Å². The molecule has 0 fully saturated rings. The Labute approximate surface area is 392 Å². The largest absolute Gasteiger partial charge is 2.00 e. The molecule has 65 heavy (non-hydrogen) atoms. The molecule has 2 aliphatic heterocycles. The van der Waals surface area contributed by atoms with Crippen LogP contribution in [0.3, 0.4) is 0 Å². The van der Waals surface area contributed by atoms with E-state index in [9.17, 15) is 0 Å². The summed E-state index contributed by atoms with van der Waals surface area (Å²) < 4.78 is 0. The summed E-state index contributed by atoms with van der Waals surface area (Å²) in [5, 5.41) is 4.80. The Morgan fingerprint density at radius 1 is 0.415 bits per heavy atom. The molecule has 12 rings (SSSR count). The maximum absolute atomic E-state index is 5.14. The molecular formula is C60H50CuN4. The van der Waals surface area contributed by atoms with Gasteiger partial charge in [0.2, 0.25) is 0 Å². The van der Waals surface area contributed by atoms with Crippen molar-refractivity contribution in [3.63, 3.8) is 0 Å². The van der Waals surface area contributed by atoms with Crippen LogP contribution in [0.2, 0.25) is 0 Å². The topological polar surface area (TPSA) is 52.9 Å². The molecule has 321 valence electrons. The molecule has 0 N–H and O–H groups in total. The summed E-state index contributed by atoms with van der Waals surface area (Å²) in [6.07, 6.45) is 13.1. The third-order valence-corrected chi connectivity index (χ3v) is 13.3. The van der Waals surface area contributed by atoms with Crippen molar-refractivity contribution in [3.8, 4) is 22.5 Å². The number of allylic oxidation sites excluding steroid dienone is 4. The van der Waals surface area contributed by atoms with Crippen LogP contribution in [0, 0.1) is 41.5 Å². The van der Waals surface area contributed by atoms with Gasteiger partial charge in [0.15, 0.2) is 0 Å². The number of aliphatic imine (C=N–C) groups is 2. The van der Waals surface area contributed by atoms with Gasteiger partial charge in [-0.3, -0.25) is 0 Å². The van der Waals surface area contributed by atoms with Gasteiger partial charge in [0.1, 0.15) is 0 Å². The number of nitrogens with zero attached hydrogens (tertiary/aromatic N) is 4.